The Balaban J connectivity index is 2.78. The number of aliphatic hydroxyl groups is 1. The molecule has 0 aromatic carbocycles. The average Bonchev–Trinajstić information content (AvgIpc) is 2.70. The van der Waals surface area contributed by atoms with Crippen LogP contribution in [0, 0.1) is 13.8 Å². The van der Waals surface area contributed by atoms with E-state index in [0.717, 1.165) is 23.3 Å². The van der Waals surface area contributed by atoms with Crippen molar-refractivity contribution < 1.29 is 9.90 Å². The zero-order valence-corrected chi connectivity index (χ0v) is 13.2. The highest BCUT2D eigenvalue weighted by Crippen LogP contribution is 2.21. The van der Waals surface area contributed by atoms with E-state index in [2.05, 4.69) is 18.7 Å². The molecule has 0 aliphatic heterocycles. The highest BCUT2D eigenvalue weighted by molar-refractivity contribution is 7.12. The monoisotopic (exact) mass is 283 g/mol. The van der Waals surface area contributed by atoms with E-state index >= 15 is 0 Å². The largest absolute Gasteiger partial charge is 0.395 e. The molecule has 0 amide bonds. The van der Waals surface area contributed by atoms with Crippen molar-refractivity contribution >= 4 is 17.1 Å². The van der Waals surface area contributed by atoms with Crippen molar-refractivity contribution in [2.45, 2.75) is 46.6 Å². The second-order valence-corrected chi connectivity index (χ2v) is 6.37. The Morgan fingerprint density at radius 1 is 1.37 bits per heavy atom. The third kappa shape index (κ3) is 4.41. The molecule has 0 atom stereocenters. The zero-order valence-electron chi connectivity index (χ0n) is 12.4. The van der Waals surface area contributed by atoms with Gasteiger partial charge in [-0.05, 0) is 32.8 Å². The zero-order chi connectivity index (χ0) is 14.4. The van der Waals surface area contributed by atoms with Crippen LogP contribution in [-0.2, 0) is 0 Å². The van der Waals surface area contributed by atoms with Gasteiger partial charge in [0.15, 0.2) is 5.78 Å². The first-order valence-corrected chi connectivity index (χ1v) is 7.80. The molecule has 19 heavy (non-hydrogen) atoms. The van der Waals surface area contributed by atoms with Gasteiger partial charge in [-0.2, -0.15) is 0 Å². The second kappa shape index (κ2) is 7.78. The number of thiophene rings is 1. The van der Waals surface area contributed by atoms with Crippen LogP contribution in [0.1, 0.15) is 46.8 Å². The van der Waals surface area contributed by atoms with Gasteiger partial charge in [0.2, 0.25) is 0 Å². The number of hydrogen-bond acceptors (Lipinski definition) is 4. The lowest BCUT2D eigenvalue weighted by molar-refractivity contribution is 0.0850. The van der Waals surface area contributed by atoms with Crippen LogP contribution < -0.4 is 0 Å². The maximum atomic E-state index is 12.4. The van der Waals surface area contributed by atoms with Crippen LogP contribution in [0.4, 0.5) is 0 Å². The molecule has 1 aromatic rings. The lowest BCUT2D eigenvalue weighted by atomic mass is 10.1. The molecule has 108 valence electrons. The van der Waals surface area contributed by atoms with Gasteiger partial charge in [0.05, 0.1) is 13.2 Å². The predicted molar refractivity (Wildman–Crippen MR) is 81.2 cm³/mol. The average molecular weight is 283 g/mol. The molecule has 3 nitrogen and oxygen atoms in total. The molecule has 0 saturated carbocycles. The first kappa shape index (κ1) is 16.3. The van der Waals surface area contributed by atoms with Crippen molar-refractivity contribution in [3.05, 3.63) is 21.4 Å². The van der Waals surface area contributed by atoms with Crippen LogP contribution >= 0.6 is 11.3 Å². The molecule has 0 saturated heterocycles. The van der Waals surface area contributed by atoms with Gasteiger partial charge in [-0.1, -0.05) is 13.8 Å². The highest BCUT2D eigenvalue weighted by Gasteiger charge is 2.20. The maximum absolute atomic E-state index is 12.4. The Morgan fingerprint density at radius 3 is 2.42 bits per heavy atom. The molecule has 0 bridgehead atoms. The number of hydrogen-bond donors (Lipinski definition) is 1. The summed E-state index contributed by atoms with van der Waals surface area (Å²) in [5.74, 6) is 0.169. The highest BCUT2D eigenvalue weighted by atomic mass is 32.1. The minimum Gasteiger partial charge on any atom is -0.395 e. The number of rotatable bonds is 8. The molecule has 1 N–H and O–H groups in total. The van der Waals surface area contributed by atoms with E-state index in [1.807, 2.05) is 19.9 Å². The topological polar surface area (TPSA) is 40.5 Å². The summed E-state index contributed by atoms with van der Waals surface area (Å²) in [7, 11) is 0. The molecule has 0 unspecified atom stereocenters. The summed E-state index contributed by atoms with van der Waals surface area (Å²) in [6.45, 7) is 9.36. The molecular weight excluding hydrogens is 258 g/mol. The summed E-state index contributed by atoms with van der Waals surface area (Å²) < 4.78 is 0. The van der Waals surface area contributed by atoms with Gasteiger partial charge in [0.1, 0.15) is 0 Å². The van der Waals surface area contributed by atoms with Crippen LogP contribution in [0.5, 0.6) is 0 Å². The third-order valence-electron chi connectivity index (χ3n) is 3.53. The van der Waals surface area contributed by atoms with Crippen LogP contribution in [0.25, 0.3) is 0 Å². The predicted octanol–water partition coefficient (Wildman–Crippen LogP) is 3.03. The quantitative estimate of drug-likeness (QED) is 0.746. The van der Waals surface area contributed by atoms with E-state index in [1.54, 1.807) is 11.3 Å². The minimum atomic E-state index is 0.103. The van der Waals surface area contributed by atoms with Crippen molar-refractivity contribution in [3.8, 4) is 0 Å². The summed E-state index contributed by atoms with van der Waals surface area (Å²) in [5.41, 5.74) is 0.844. The van der Waals surface area contributed by atoms with Crippen molar-refractivity contribution in [2.75, 3.05) is 19.7 Å². The standard InChI is InChI=1S/C15H25NO2S/c1-5-13(6-2)16(7-8-17)10-15(18)14-9-11(3)19-12(14)4/h9,13,17H,5-8,10H2,1-4H3. The molecule has 1 aromatic heterocycles. The van der Waals surface area contributed by atoms with Gasteiger partial charge in [-0.25, -0.2) is 0 Å². The Labute approximate surface area is 120 Å². The second-order valence-electron chi connectivity index (χ2n) is 4.91. The van der Waals surface area contributed by atoms with Crippen molar-refractivity contribution in [2.24, 2.45) is 0 Å². The van der Waals surface area contributed by atoms with Gasteiger partial charge < -0.3 is 5.11 Å². The Bertz CT molecular complexity index is 410. The summed E-state index contributed by atoms with van der Waals surface area (Å²) in [4.78, 5) is 16.8. The molecule has 0 fully saturated rings. The molecular formula is C15H25NO2S. The van der Waals surface area contributed by atoms with Crippen LogP contribution in [0.3, 0.4) is 0 Å². The summed E-state index contributed by atoms with van der Waals surface area (Å²) in [5, 5.41) is 9.17. The molecule has 1 heterocycles. The summed E-state index contributed by atoms with van der Waals surface area (Å²) in [6.07, 6.45) is 2.01. The lowest BCUT2D eigenvalue weighted by Crippen LogP contribution is -2.40. The molecule has 0 aliphatic carbocycles. The Morgan fingerprint density at radius 2 is 2.00 bits per heavy atom. The van der Waals surface area contributed by atoms with Gasteiger partial charge in [0.25, 0.3) is 0 Å². The van der Waals surface area contributed by atoms with Gasteiger partial charge in [0, 0.05) is 27.9 Å². The number of carbonyl (C=O) groups is 1. The molecule has 1 rings (SSSR count). The number of aliphatic hydroxyl groups excluding tert-OH is 1. The minimum absolute atomic E-state index is 0.103. The maximum Gasteiger partial charge on any atom is 0.177 e. The Kier molecular flexibility index (Phi) is 6.69. The van der Waals surface area contributed by atoms with E-state index in [-0.39, 0.29) is 12.4 Å². The number of ketones is 1. The molecule has 4 heteroatoms. The number of nitrogens with zero attached hydrogens (tertiary/aromatic N) is 1. The van der Waals surface area contributed by atoms with Gasteiger partial charge in [-0.3, -0.25) is 9.69 Å². The van der Waals surface area contributed by atoms with Crippen molar-refractivity contribution in [3.63, 3.8) is 0 Å². The van der Waals surface area contributed by atoms with E-state index < -0.39 is 0 Å². The number of aryl methyl sites for hydroxylation is 2. The fourth-order valence-electron chi connectivity index (χ4n) is 2.50. The molecule has 0 aliphatic rings. The summed E-state index contributed by atoms with van der Waals surface area (Å²) >= 11 is 1.67. The van der Waals surface area contributed by atoms with E-state index in [1.165, 1.54) is 4.88 Å². The molecule has 0 spiro atoms. The van der Waals surface area contributed by atoms with Gasteiger partial charge >= 0.3 is 0 Å². The third-order valence-corrected chi connectivity index (χ3v) is 4.50. The van der Waals surface area contributed by atoms with Gasteiger partial charge in [-0.15, -0.1) is 11.3 Å². The first-order chi connectivity index (χ1) is 9.03. The normalized spacial score (nSPS) is 11.5. The van der Waals surface area contributed by atoms with E-state index in [0.29, 0.717) is 19.1 Å². The lowest BCUT2D eigenvalue weighted by Gasteiger charge is -2.29. The van der Waals surface area contributed by atoms with Crippen molar-refractivity contribution in [1.29, 1.82) is 0 Å². The fraction of sp³-hybridized carbons (Fsp3) is 0.667. The van der Waals surface area contributed by atoms with Crippen LogP contribution in [0.2, 0.25) is 0 Å². The SMILES string of the molecule is CCC(CC)N(CCO)CC(=O)c1cc(C)sc1C. The van der Waals surface area contributed by atoms with E-state index in [4.69, 9.17) is 5.11 Å². The Hall–Kier alpha value is -0.710. The fourth-order valence-corrected chi connectivity index (χ4v) is 3.44. The number of carbonyl (C=O) groups excluding carboxylic acids is 1. The first-order valence-electron chi connectivity index (χ1n) is 6.98. The summed E-state index contributed by atoms with van der Waals surface area (Å²) in [6, 6.07) is 2.35. The number of Topliss-reactive ketones (excluding diaryl/α,β-unsaturated/α-hetero) is 1. The smallest absolute Gasteiger partial charge is 0.177 e. The van der Waals surface area contributed by atoms with Crippen LogP contribution in [-0.4, -0.2) is 41.5 Å². The van der Waals surface area contributed by atoms with Crippen LogP contribution in [0.15, 0.2) is 6.07 Å². The van der Waals surface area contributed by atoms with Crippen molar-refractivity contribution in [1.82, 2.24) is 4.90 Å². The molecule has 0 radical (unpaired) electrons. The van der Waals surface area contributed by atoms with E-state index in [9.17, 15) is 4.79 Å².